The third-order valence-corrected chi connectivity index (χ3v) is 5.00. The van der Waals surface area contributed by atoms with Gasteiger partial charge in [-0.1, -0.05) is 42.3 Å². The summed E-state index contributed by atoms with van der Waals surface area (Å²) in [5.74, 6) is 0.234. The molecule has 1 N–H and O–H groups in total. The van der Waals surface area contributed by atoms with Gasteiger partial charge in [-0.3, -0.25) is 0 Å². The predicted octanol–water partition coefficient (Wildman–Crippen LogP) is 5.01. The van der Waals surface area contributed by atoms with Crippen LogP contribution in [-0.2, 0) is 11.2 Å². The molecule has 0 bridgehead atoms. The molecule has 2 aromatic heterocycles. The van der Waals surface area contributed by atoms with Crippen molar-refractivity contribution in [2.45, 2.75) is 39.7 Å². The summed E-state index contributed by atoms with van der Waals surface area (Å²) in [6, 6.07) is 7.77. The van der Waals surface area contributed by atoms with Crippen LogP contribution in [0, 0.1) is 0 Å². The van der Waals surface area contributed by atoms with Gasteiger partial charge in [-0.25, -0.2) is 9.78 Å². The average molecular weight is 421 g/mol. The van der Waals surface area contributed by atoms with Gasteiger partial charge in [0.05, 0.1) is 12.8 Å². The highest BCUT2D eigenvalue weighted by atomic mass is 35.5. The van der Waals surface area contributed by atoms with E-state index in [1.54, 1.807) is 11.4 Å². The lowest BCUT2D eigenvalue weighted by Crippen LogP contribution is -2.19. The third kappa shape index (κ3) is 4.23. The lowest BCUT2D eigenvalue weighted by atomic mass is 10.1. The first-order valence-corrected chi connectivity index (χ1v) is 9.94. The SMILES string of the molecule is CCOC(=O)c1cnn2c(NC(C)CC)c(Cc3cccc(Cl)c3)c(Cl)nc12. The van der Waals surface area contributed by atoms with Crippen LogP contribution >= 0.6 is 23.2 Å². The zero-order valence-electron chi connectivity index (χ0n) is 16.0. The Labute approximate surface area is 173 Å². The average Bonchev–Trinajstić information content (AvgIpc) is 3.08. The summed E-state index contributed by atoms with van der Waals surface area (Å²) >= 11 is 12.7. The molecule has 1 atom stereocenters. The molecule has 28 heavy (non-hydrogen) atoms. The Kier molecular flexibility index (Phi) is 6.42. The molecule has 0 aliphatic carbocycles. The first-order chi connectivity index (χ1) is 13.4. The number of nitrogens with zero attached hydrogens (tertiary/aromatic N) is 3. The van der Waals surface area contributed by atoms with Crippen molar-refractivity contribution >= 4 is 40.6 Å². The molecule has 1 unspecified atom stereocenters. The number of halogens is 2. The molecular weight excluding hydrogens is 399 g/mol. The van der Waals surface area contributed by atoms with Gasteiger partial charge in [-0.05, 0) is 38.0 Å². The molecule has 0 fully saturated rings. The zero-order chi connectivity index (χ0) is 20.3. The monoisotopic (exact) mass is 420 g/mol. The fourth-order valence-corrected chi connectivity index (χ4v) is 3.29. The molecule has 0 saturated heterocycles. The first-order valence-electron chi connectivity index (χ1n) is 9.18. The van der Waals surface area contributed by atoms with Crippen LogP contribution in [-0.4, -0.2) is 33.2 Å². The molecule has 8 heteroatoms. The van der Waals surface area contributed by atoms with Gasteiger partial charge in [-0.15, -0.1) is 0 Å². The normalized spacial score (nSPS) is 12.2. The first kappa shape index (κ1) is 20.4. The van der Waals surface area contributed by atoms with Crippen LogP contribution in [0.15, 0.2) is 30.5 Å². The van der Waals surface area contributed by atoms with Gasteiger partial charge in [0.1, 0.15) is 16.5 Å². The number of carbonyl (C=O) groups is 1. The van der Waals surface area contributed by atoms with Crippen LogP contribution in [0.5, 0.6) is 0 Å². The lowest BCUT2D eigenvalue weighted by Gasteiger charge is -2.19. The summed E-state index contributed by atoms with van der Waals surface area (Å²) in [6.07, 6.45) is 2.89. The Morgan fingerprint density at radius 3 is 2.79 bits per heavy atom. The van der Waals surface area contributed by atoms with Gasteiger partial charge >= 0.3 is 5.97 Å². The van der Waals surface area contributed by atoms with Crippen LogP contribution in [0.3, 0.4) is 0 Å². The second-order valence-corrected chi connectivity index (χ2v) is 7.30. The van der Waals surface area contributed by atoms with E-state index in [0.29, 0.717) is 28.1 Å². The van der Waals surface area contributed by atoms with Crippen LogP contribution in [0.1, 0.15) is 48.7 Å². The van der Waals surface area contributed by atoms with Crippen molar-refractivity contribution in [3.05, 3.63) is 57.3 Å². The Morgan fingerprint density at radius 2 is 2.11 bits per heavy atom. The van der Waals surface area contributed by atoms with E-state index >= 15 is 0 Å². The number of ether oxygens (including phenoxy) is 1. The molecule has 0 radical (unpaired) electrons. The number of carbonyl (C=O) groups excluding carboxylic acids is 1. The van der Waals surface area contributed by atoms with Gasteiger partial charge in [0.25, 0.3) is 0 Å². The lowest BCUT2D eigenvalue weighted by molar-refractivity contribution is 0.0528. The van der Waals surface area contributed by atoms with Crippen molar-refractivity contribution in [1.82, 2.24) is 14.6 Å². The smallest absolute Gasteiger partial charge is 0.343 e. The van der Waals surface area contributed by atoms with Crippen molar-refractivity contribution in [3.63, 3.8) is 0 Å². The second-order valence-electron chi connectivity index (χ2n) is 6.50. The van der Waals surface area contributed by atoms with Gasteiger partial charge < -0.3 is 10.1 Å². The number of benzene rings is 1. The van der Waals surface area contributed by atoms with Gasteiger partial charge in [0, 0.05) is 23.0 Å². The van der Waals surface area contributed by atoms with Crippen LogP contribution in [0.2, 0.25) is 10.2 Å². The molecule has 1 aromatic carbocycles. The standard InChI is InChI=1S/C20H22Cl2N4O2/c1-4-12(3)24-18-15(10-13-7-6-8-14(21)9-13)17(22)25-19-16(11-23-26(18)19)20(27)28-5-2/h6-9,11-12,24H,4-5,10H2,1-3H3. The van der Waals surface area contributed by atoms with E-state index in [1.807, 2.05) is 24.3 Å². The molecular formula is C20H22Cl2N4O2. The summed E-state index contributed by atoms with van der Waals surface area (Å²) in [6.45, 7) is 6.18. The molecule has 3 rings (SSSR count). The summed E-state index contributed by atoms with van der Waals surface area (Å²) < 4.78 is 6.72. The number of rotatable bonds is 7. The van der Waals surface area contributed by atoms with Gasteiger partial charge in [-0.2, -0.15) is 9.61 Å². The highest BCUT2D eigenvalue weighted by molar-refractivity contribution is 6.31. The predicted molar refractivity (Wildman–Crippen MR) is 112 cm³/mol. The number of esters is 1. The fourth-order valence-electron chi connectivity index (χ4n) is 2.84. The van der Waals surface area contributed by atoms with E-state index in [4.69, 9.17) is 27.9 Å². The van der Waals surface area contributed by atoms with Crippen molar-refractivity contribution < 1.29 is 9.53 Å². The minimum absolute atomic E-state index is 0.176. The van der Waals surface area contributed by atoms with E-state index in [2.05, 4.69) is 29.2 Å². The summed E-state index contributed by atoms with van der Waals surface area (Å²) in [7, 11) is 0. The summed E-state index contributed by atoms with van der Waals surface area (Å²) in [4.78, 5) is 16.7. The molecule has 3 aromatic rings. The number of fused-ring (bicyclic) bond motifs is 1. The Morgan fingerprint density at radius 1 is 1.32 bits per heavy atom. The molecule has 0 aliphatic rings. The molecule has 0 aliphatic heterocycles. The molecule has 0 spiro atoms. The molecule has 6 nitrogen and oxygen atoms in total. The second kappa shape index (κ2) is 8.80. The van der Waals surface area contributed by atoms with Crippen molar-refractivity contribution in [2.24, 2.45) is 0 Å². The van der Waals surface area contributed by atoms with Gasteiger partial charge in [0.15, 0.2) is 5.65 Å². The van der Waals surface area contributed by atoms with Gasteiger partial charge in [0.2, 0.25) is 0 Å². The minimum atomic E-state index is -0.474. The topological polar surface area (TPSA) is 68.5 Å². The highest BCUT2D eigenvalue weighted by Gasteiger charge is 2.22. The van der Waals surface area contributed by atoms with Crippen molar-refractivity contribution in [1.29, 1.82) is 0 Å². The van der Waals surface area contributed by atoms with Crippen LogP contribution in [0.25, 0.3) is 5.65 Å². The molecule has 0 saturated carbocycles. The zero-order valence-corrected chi connectivity index (χ0v) is 17.5. The molecule has 148 valence electrons. The van der Waals surface area contributed by atoms with Crippen molar-refractivity contribution in [2.75, 3.05) is 11.9 Å². The maximum absolute atomic E-state index is 12.2. The molecule has 0 amide bonds. The maximum Gasteiger partial charge on any atom is 0.343 e. The summed E-state index contributed by atoms with van der Waals surface area (Å²) in [5, 5.41) is 8.80. The van der Waals surface area contributed by atoms with E-state index in [0.717, 1.165) is 17.5 Å². The Hall–Kier alpha value is -2.31. The van der Waals surface area contributed by atoms with Crippen LogP contribution < -0.4 is 5.32 Å². The Balaban J connectivity index is 2.15. The highest BCUT2D eigenvalue weighted by Crippen LogP contribution is 2.29. The fraction of sp³-hybridized carbons (Fsp3) is 0.350. The largest absolute Gasteiger partial charge is 0.462 e. The number of hydrogen-bond donors (Lipinski definition) is 1. The minimum Gasteiger partial charge on any atom is -0.462 e. The number of hydrogen-bond acceptors (Lipinski definition) is 5. The van der Waals surface area contributed by atoms with E-state index in [1.165, 1.54) is 6.20 Å². The number of anilines is 1. The van der Waals surface area contributed by atoms with E-state index in [-0.39, 0.29) is 18.2 Å². The third-order valence-electron chi connectivity index (χ3n) is 4.46. The van der Waals surface area contributed by atoms with E-state index in [9.17, 15) is 4.79 Å². The number of nitrogens with one attached hydrogen (secondary N) is 1. The van der Waals surface area contributed by atoms with Crippen LogP contribution in [0.4, 0.5) is 5.82 Å². The summed E-state index contributed by atoms with van der Waals surface area (Å²) in [5.41, 5.74) is 2.44. The van der Waals surface area contributed by atoms with Crippen molar-refractivity contribution in [3.8, 4) is 0 Å². The quantitative estimate of drug-likeness (QED) is 0.429. The number of aromatic nitrogens is 3. The maximum atomic E-state index is 12.2. The Bertz CT molecular complexity index is 1000. The molecule has 2 heterocycles. The van der Waals surface area contributed by atoms with E-state index < -0.39 is 5.97 Å².